The molecule has 2 aromatic carbocycles. The molecule has 0 fully saturated rings. The number of benzene rings is 2. The lowest BCUT2D eigenvalue weighted by molar-refractivity contribution is 0.102. The van der Waals surface area contributed by atoms with Gasteiger partial charge in [0.2, 0.25) is 0 Å². The summed E-state index contributed by atoms with van der Waals surface area (Å²) in [6, 6.07) is 9.70. The minimum absolute atomic E-state index is 0.0988. The molecule has 4 nitrogen and oxygen atoms in total. The van der Waals surface area contributed by atoms with Gasteiger partial charge in [-0.15, -0.1) is 11.3 Å². The summed E-state index contributed by atoms with van der Waals surface area (Å²) in [5.74, 6) is 0.0537. The number of carbonyl (C=O) groups excluding carboxylic acids is 1. The number of nitrogens with one attached hydrogen (secondary N) is 1. The maximum atomic E-state index is 13.5. The number of phenols is 1. The zero-order chi connectivity index (χ0) is 23.5. The predicted molar refractivity (Wildman–Crippen MR) is 145 cm³/mol. The minimum atomic E-state index is -0.0988. The van der Waals surface area contributed by atoms with Crippen LogP contribution >= 0.6 is 43.2 Å². The van der Waals surface area contributed by atoms with E-state index in [4.69, 9.17) is 4.99 Å². The number of hydrogen-bond acceptors (Lipinski definition) is 4. The Kier molecular flexibility index (Phi) is 7.72. The fourth-order valence-electron chi connectivity index (χ4n) is 4.26. The van der Waals surface area contributed by atoms with Crippen LogP contribution in [0.25, 0.3) is 0 Å². The summed E-state index contributed by atoms with van der Waals surface area (Å²) >= 11 is 8.37. The summed E-state index contributed by atoms with van der Waals surface area (Å²) in [7, 11) is 0. The molecule has 0 radical (unpaired) electrons. The Labute approximate surface area is 215 Å². The summed E-state index contributed by atoms with van der Waals surface area (Å²) < 4.78 is 1.18. The molecule has 0 bridgehead atoms. The first-order valence-corrected chi connectivity index (χ1v) is 13.5. The second kappa shape index (κ2) is 10.5. The summed E-state index contributed by atoms with van der Waals surface area (Å²) in [5, 5.41) is 13.8. The van der Waals surface area contributed by atoms with E-state index in [9.17, 15) is 9.90 Å². The van der Waals surface area contributed by atoms with E-state index in [0.29, 0.717) is 14.5 Å². The second-order valence-electron chi connectivity index (χ2n) is 8.52. The van der Waals surface area contributed by atoms with Gasteiger partial charge in [0.1, 0.15) is 10.8 Å². The fraction of sp³-hybridized carbons (Fsp3) is 0.308. The van der Waals surface area contributed by atoms with Crippen LogP contribution in [-0.4, -0.2) is 17.2 Å². The van der Waals surface area contributed by atoms with E-state index in [1.165, 1.54) is 17.7 Å². The van der Waals surface area contributed by atoms with Crippen molar-refractivity contribution in [3.63, 3.8) is 0 Å². The van der Waals surface area contributed by atoms with Gasteiger partial charge in [0.25, 0.3) is 5.91 Å². The molecule has 0 unspecified atom stereocenters. The van der Waals surface area contributed by atoms with Crippen molar-refractivity contribution in [2.75, 3.05) is 5.32 Å². The molecule has 172 valence electrons. The number of thiophene rings is 1. The maximum Gasteiger partial charge on any atom is 0.259 e. The highest BCUT2D eigenvalue weighted by molar-refractivity contribution is 9.11. The van der Waals surface area contributed by atoms with Crippen LogP contribution in [0.2, 0.25) is 0 Å². The maximum absolute atomic E-state index is 13.5. The van der Waals surface area contributed by atoms with Gasteiger partial charge in [0, 0.05) is 16.8 Å². The average molecular weight is 590 g/mol. The summed E-state index contributed by atoms with van der Waals surface area (Å²) in [6.45, 7) is 4.07. The number of hydrogen-bond donors (Lipinski definition) is 2. The molecule has 1 aliphatic carbocycles. The molecule has 1 heterocycles. The monoisotopic (exact) mass is 588 g/mol. The van der Waals surface area contributed by atoms with E-state index in [-0.39, 0.29) is 11.7 Å². The first-order valence-electron chi connectivity index (χ1n) is 11.1. The van der Waals surface area contributed by atoms with Crippen molar-refractivity contribution in [3.8, 4) is 5.75 Å². The fourth-order valence-corrected chi connectivity index (χ4v) is 6.72. The Balaban J connectivity index is 1.73. The highest BCUT2D eigenvalue weighted by Gasteiger charge is 2.24. The molecular weight excluding hydrogens is 564 g/mol. The number of anilines is 1. The number of aromatic hydroxyl groups is 1. The molecule has 33 heavy (non-hydrogen) atoms. The molecule has 1 aliphatic rings. The van der Waals surface area contributed by atoms with Crippen LogP contribution in [-0.2, 0) is 12.8 Å². The molecule has 3 aromatic rings. The van der Waals surface area contributed by atoms with Gasteiger partial charge in [-0.3, -0.25) is 4.79 Å². The van der Waals surface area contributed by atoms with Crippen LogP contribution in [0.5, 0.6) is 5.75 Å². The van der Waals surface area contributed by atoms with Crippen LogP contribution in [0.15, 0.2) is 44.3 Å². The normalized spacial score (nSPS) is 14.1. The van der Waals surface area contributed by atoms with Crippen molar-refractivity contribution in [3.05, 3.63) is 72.0 Å². The topological polar surface area (TPSA) is 61.7 Å². The summed E-state index contributed by atoms with van der Waals surface area (Å²) in [6.07, 6.45) is 8.32. The van der Waals surface area contributed by atoms with E-state index in [1.54, 1.807) is 17.6 Å². The summed E-state index contributed by atoms with van der Waals surface area (Å²) in [4.78, 5) is 19.6. The van der Waals surface area contributed by atoms with E-state index in [0.717, 1.165) is 58.6 Å². The molecule has 0 atom stereocenters. The second-order valence-corrected chi connectivity index (χ2v) is 11.3. The first kappa shape index (κ1) is 24.2. The molecule has 0 saturated carbocycles. The largest absolute Gasteiger partial charge is 0.506 e. The number of halogens is 2. The zero-order valence-electron chi connectivity index (χ0n) is 18.7. The third-order valence-corrected chi connectivity index (χ3v) is 8.14. The lowest BCUT2D eigenvalue weighted by Gasteiger charge is -2.12. The number of aryl methyl sites for hydroxylation is 3. The molecule has 2 N–H and O–H groups in total. The number of phenolic OH excluding ortho intramolecular Hbond substituents is 1. The van der Waals surface area contributed by atoms with Crippen molar-refractivity contribution >= 4 is 66.0 Å². The van der Waals surface area contributed by atoms with Gasteiger partial charge in [-0.1, -0.05) is 18.9 Å². The van der Waals surface area contributed by atoms with Crippen LogP contribution in [0, 0.1) is 13.8 Å². The molecule has 1 amide bonds. The van der Waals surface area contributed by atoms with Gasteiger partial charge in [0.15, 0.2) is 0 Å². The molecule has 0 aliphatic heterocycles. The van der Waals surface area contributed by atoms with Gasteiger partial charge in [-0.05, 0) is 118 Å². The summed E-state index contributed by atoms with van der Waals surface area (Å²) in [5.41, 5.74) is 5.73. The number of aliphatic imine (C=N–C) groups is 1. The number of fused-ring (bicyclic) bond motifs is 1. The van der Waals surface area contributed by atoms with Crippen molar-refractivity contribution in [1.82, 2.24) is 0 Å². The van der Waals surface area contributed by atoms with Crippen LogP contribution in [0.1, 0.15) is 63.2 Å². The molecule has 0 saturated heterocycles. The average Bonchev–Trinajstić information content (AvgIpc) is 3.06. The number of nitrogens with zero attached hydrogens (tertiary/aromatic N) is 1. The molecule has 0 spiro atoms. The Morgan fingerprint density at radius 2 is 1.64 bits per heavy atom. The van der Waals surface area contributed by atoms with Crippen LogP contribution in [0.3, 0.4) is 0 Å². The van der Waals surface area contributed by atoms with Gasteiger partial charge >= 0.3 is 0 Å². The Hall–Kier alpha value is -1.96. The lowest BCUT2D eigenvalue weighted by atomic mass is 9.96. The van der Waals surface area contributed by atoms with Crippen LogP contribution in [0.4, 0.5) is 10.7 Å². The Morgan fingerprint density at radius 1 is 1.00 bits per heavy atom. The zero-order valence-corrected chi connectivity index (χ0v) is 22.7. The molecular formula is C26H26Br2N2O2S. The van der Waals surface area contributed by atoms with Crippen molar-refractivity contribution in [2.24, 2.45) is 4.99 Å². The van der Waals surface area contributed by atoms with Gasteiger partial charge in [-0.25, -0.2) is 4.99 Å². The van der Waals surface area contributed by atoms with E-state index in [2.05, 4.69) is 43.2 Å². The van der Waals surface area contributed by atoms with E-state index in [1.807, 2.05) is 38.1 Å². The highest BCUT2D eigenvalue weighted by Crippen LogP contribution is 2.40. The minimum Gasteiger partial charge on any atom is -0.506 e. The van der Waals surface area contributed by atoms with Gasteiger partial charge < -0.3 is 10.4 Å². The predicted octanol–water partition coefficient (Wildman–Crippen LogP) is 8.26. The lowest BCUT2D eigenvalue weighted by Crippen LogP contribution is -2.14. The first-order chi connectivity index (χ1) is 15.8. The number of rotatable bonds is 4. The number of carbonyl (C=O) groups is 1. The third kappa shape index (κ3) is 5.76. The van der Waals surface area contributed by atoms with Gasteiger partial charge in [-0.2, -0.15) is 0 Å². The van der Waals surface area contributed by atoms with Crippen molar-refractivity contribution in [1.29, 1.82) is 0 Å². The van der Waals surface area contributed by atoms with E-state index < -0.39 is 0 Å². The highest BCUT2D eigenvalue weighted by atomic mass is 79.9. The molecule has 1 aromatic heterocycles. The van der Waals surface area contributed by atoms with Crippen molar-refractivity contribution < 1.29 is 9.90 Å². The van der Waals surface area contributed by atoms with Gasteiger partial charge in [0.05, 0.1) is 14.5 Å². The Bertz CT molecular complexity index is 1190. The Morgan fingerprint density at radius 3 is 2.30 bits per heavy atom. The third-order valence-electron chi connectivity index (χ3n) is 5.73. The van der Waals surface area contributed by atoms with E-state index >= 15 is 0 Å². The van der Waals surface area contributed by atoms with Crippen LogP contribution < -0.4 is 5.32 Å². The van der Waals surface area contributed by atoms with Crippen molar-refractivity contribution in [2.45, 2.75) is 52.4 Å². The smallest absolute Gasteiger partial charge is 0.259 e. The molecule has 4 rings (SSSR count). The molecule has 7 heteroatoms. The quantitative estimate of drug-likeness (QED) is 0.301. The number of amides is 1. The SMILES string of the molecule is Cc1cc(C)cc(NC(=O)c2c(N=Cc3cc(Br)c(O)c(Br)c3)sc3c2CCCCCC3)c1. The standard InChI is InChI=1S/C26H26Br2N2O2S/c1-15-9-16(2)11-18(10-15)30-25(32)23-19-7-5-3-4-6-8-22(19)33-26(23)29-14-17-12-20(27)24(31)21(28)13-17/h9-14,31H,3-8H2,1-2H3,(H,30,32).